The van der Waals surface area contributed by atoms with Crippen LogP contribution in [-0.2, 0) is 27.6 Å². The topological polar surface area (TPSA) is 80.5 Å². The number of aryl methyl sites for hydroxylation is 1. The van der Waals surface area contributed by atoms with Gasteiger partial charge in [-0.15, -0.1) is 0 Å². The highest BCUT2D eigenvalue weighted by Gasteiger charge is 2.30. The van der Waals surface area contributed by atoms with Gasteiger partial charge in [-0.05, 0) is 43.4 Å². The van der Waals surface area contributed by atoms with Gasteiger partial charge < -0.3 is 10.6 Å². The minimum Gasteiger partial charge on any atom is -0.338 e. The van der Waals surface area contributed by atoms with Crippen LogP contribution in [0.5, 0.6) is 0 Å². The molecule has 166 valence electrons. The Balaban J connectivity index is 2.93. The smallest absolute Gasteiger partial charge is 0.226 e. The molecule has 0 heterocycles. The fraction of sp³-hybridized carbons (Fsp3) is 0.696. The van der Waals surface area contributed by atoms with Gasteiger partial charge in [-0.3, -0.25) is 4.79 Å². The Morgan fingerprint density at radius 3 is 2.28 bits per heavy atom. The number of nitrogens with zero attached hydrogens (tertiary/aromatic N) is 1. The van der Waals surface area contributed by atoms with Gasteiger partial charge in [0.1, 0.15) is 0 Å². The first-order valence-electron chi connectivity index (χ1n) is 11.1. The molecule has 0 aromatic heterocycles. The van der Waals surface area contributed by atoms with Crippen LogP contribution >= 0.6 is 0 Å². The molecule has 1 atom stereocenters. The zero-order chi connectivity index (χ0) is 21.9. The van der Waals surface area contributed by atoms with E-state index in [9.17, 15) is 13.2 Å². The van der Waals surface area contributed by atoms with E-state index in [1.54, 1.807) is 11.8 Å². The van der Waals surface area contributed by atoms with Crippen LogP contribution in [0.15, 0.2) is 24.3 Å². The number of carbonyl (C=O) groups is 1. The largest absolute Gasteiger partial charge is 0.338 e. The molecule has 6 heteroatoms. The molecule has 0 spiro atoms. The summed E-state index contributed by atoms with van der Waals surface area (Å²) in [4.78, 5) is 14.9. The van der Waals surface area contributed by atoms with Crippen molar-refractivity contribution in [3.05, 3.63) is 35.4 Å². The van der Waals surface area contributed by atoms with Gasteiger partial charge >= 0.3 is 0 Å². The van der Waals surface area contributed by atoms with Crippen molar-refractivity contribution in [3.63, 3.8) is 0 Å². The number of carbonyl (C=O) groups excluding carboxylic acids is 1. The Morgan fingerprint density at radius 2 is 1.72 bits per heavy atom. The fourth-order valence-corrected chi connectivity index (χ4v) is 6.03. The molecule has 0 bridgehead atoms. The fourth-order valence-electron chi connectivity index (χ4n) is 3.73. The molecular weight excluding hydrogens is 384 g/mol. The van der Waals surface area contributed by atoms with Crippen molar-refractivity contribution < 1.29 is 13.2 Å². The number of amides is 1. The number of benzene rings is 1. The maximum atomic E-state index is 13.1. The van der Waals surface area contributed by atoms with Crippen molar-refractivity contribution in [2.75, 3.05) is 18.8 Å². The van der Waals surface area contributed by atoms with E-state index in [4.69, 9.17) is 5.73 Å². The summed E-state index contributed by atoms with van der Waals surface area (Å²) in [6.07, 6.45) is 4.64. The average molecular weight is 425 g/mol. The summed E-state index contributed by atoms with van der Waals surface area (Å²) in [5.41, 5.74) is 7.96. The number of hydrogen-bond donors (Lipinski definition) is 1. The maximum Gasteiger partial charge on any atom is 0.226 e. The molecule has 0 fully saturated rings. The van der Waals surface area contributed by atoms with E-state index in [1.807, 2.05) is 26.0 Å². The third kappa shape index (κ3) is 8.47. The third-order valence-electron chi connectivity index (χ3n) is 5.35. The van der Waals surface area contributed by atoms with E-state index in [1.165, 1.54) is 5.56 Å². The molecule has 1 rings (SSSR count). The molecule has 0 aliphatic heterocycles. The first-order chi connectivity index (χ1) is 13.8. The van der Waals surface area contributed by atoms with E-state index in [2.05, 4.69) is 19.1 Å². The summed E-state index contributed by atoms with van der Waals surface area (Å²) < 4.78 is 25.8. The zero-order valence-electron chi connectivity index (χ0n) is 18.7. The van der Waals surface area contributed by atoms with Crippen molar-refractivity contribution in [2.24, 2.45) is 11.7 Å². The second-order valence-electron chi connectivity index (χ2n) is 8.01. The van der Waals surface area contributed by atoms with Crippen LogP contribution in [0, 0.1) is 5.92 Å². The van der Waals surface area contributed by atoms with Crippen molar-refractivity contribution in [2.45, 2.75) is 78.0 Å². The van der Waals surface area contributed by atoms with Crippen LogP contribution in [0.25, 0.3) is 0 Å². The van der Waals surface area contributed by atoms with Crippen molar-refractivity contribution in [3.8, 4) is 0 Å². The highest BCUT2D eigenvalue weighted by molar-refractivity contribution is 7.92. The Hall–Kier alpha value is -1.40. The van der Waals surface area contributed by atoms with Gasteiger partial charge in [-0.1, -0.05) is 64.8 Å². The van der Waals surface area contributed by atoms with Crippen LogP contribution in [-0.4, -0.2) is 43.3 Å². The molecule has 29 heavy (non-hydrogen) atoms. The monoisotopic (exact) mass is 424 g/mol. The van der Waals surface area contributed by atoms with Crippen LogP contribution in [0.2, 0.25) is 0 Å². The lowest BCUT2D eigenvalue weighted by molar-refractivity contribution is -0.135. The number of hydrogen-bond acceptors (Lipinski definition) is 4. The third-order valence-corrected chi connectivity index (χ3v) is 7.80. The molecule has 1 aromatic carbocycles. The Morgan fingerprint density at radius 1 is 1.10 bits per heavy atom. The van der Waals surface area contributed by atoms with Crippen molar-refractivity contribution in [1.29, 1.82) is 0 Å². The van der Waals surface area contributed by atoms with E-state index >= 15 is 0 Å². The normalized spacial score (nSPS) is 12.9. The summed E-state index contributed by atoms with van der Waals surface area (Å²) in [7, 11) is -3.30. The number of nitrogens with two attached hydrogens (primary N) is 1. The summed E-state index contributed by atoms with van der Waals surface area (Å²) in [5.74, 6) is -0.732. The minimum atomic E-state index is -3.30. The standard InChI is InChI=1S/C23H40N2O3S/c1-5-10-22(11-6-2)29(27,28)18-19(4)23(26)25(15-9-14-24)17-21-13-8-12-20(7-3)16-21/h8,12-13,16,19,22H,5-7,9-11,14-15,17-18,24H2,1-4H3/t19-/m1/s1. The summed E-state index contributed by atoms with van der Waals surface area (Å²) in [6.45, 7) is 9.39. The number of sulfone groups is 1. The second kappa shape index (κ2) is 13.0. The van der Waals surface area contributed by atoms with Crippen LogP contribution in [0.3, 0.4) is 0 Å². The van der Waals surface area contributed by atoms with Gasteiger partial charge in [-0.25, -0.2) is 8.42 Å². The lowest BCUT2D eigenvalue weighted by atomic mass is 10.1. The van der Waals surface area contributed by atoms with Gasteiger partial charge in [0.25, 0.3) is 0 Å². The average Bonchev–Trinajstić information content (AvgIpc) is 2.70. The van der Waals surface area contributed by atoms with Crippen molar-refractivity contribution in [1.82, 2.24) is 4.90 Å². The second-order valence-corrected chi connectivity index (χ2v) is 10.3. The minimum absolute atomic E-state index is 0.0787. The molecule has 1 amide bonds. The van der Waals surface area contributed by atoms with E-state index in [0.29, 0.717) is 38.9 Å². The quantitative estimate of drug-likeness (QED) is 0.490. The molecular formula is C23H40N2O3S. The zero-order valence-corrected chi connectivity index (χ0v) is 19.5. The van der Waals surface area contributed by atoms with Gasteiger partial charge in [0.05, 0.1) is 11.0 Å². The molecule has 0 radical (unpaired) electrons. The molecule has 0 aliphatic rings. The lowest BCUT2D eigenvalue weighted by Gasteiger charge is -2.27. The highest BCUT2D eigenvalue weighted by atomic mass is 32.2. The predicted molar refractivity (Wildman–Crippen MR) is 121 cm³/mol. The van der Waals surface area contributed by atoms with E-state index < -0.39 is 15.8 Å². The Labute approximate surface area is 178 Å². The summed E-state index contributed by atoms with van der Waals surface area (Å²) >= 11 is 0. The molecule has 2 N–H and O–H groups in total. The van der Waals surface area contributed by atoms with Gasteiger partial charge in [-0.2, -0.15) is 0 Å². The van der Waals surface area contributed by atoms with Crippen molar-refractivity contribution >= 4 is 15.7 Å². The van der Waals surface area contributed by atoms with Crippen LogP contribution < -0.4 is 5.73 Å². The van der Waals surface area contributed by atoms with Gasteiger partial charge in [0.2, 0.25) is 5.91 Å². The first kappa shape index (κ1) is 25.6. The van der Waals surface area contributed by atoms with Crippen LogP contribution in [0.4, 0.5) is 0 Å². The Bertz CT molecular complexity index is 713. The maximum absolute atomic E-state index is 13.1. The van der Waals surface area contributed by atoms with Crippen LogP contribution in [0.1, 0.15) is 70.9 Å². The lowest BCUT2D eigenvalue weighted by Crippen LogP contribution is -2.40. The first-order valence-corrected chi connectivity index (χ1v) is 12.8. The molecule has 1 aromatic rings. The van der Waals surface area contributed by atoms with Gasteiger partial charge in [0, 0.05) is 19.0 Å². The molecule has 0 aliphatic carbocycles. The molecule has 0 saturated heterocycles. The van der Waals surface area contributed by atoms with Gasteiger partial charge in [0.15, 0.2) is 9.84 Å². The highest BCUT2D eigenvalue weighted by Crippen LogP contribution is 2.20. The molecule has 0 saturated carbocycles. The Kier molecular flexibility index (Phi) is 11.5. The SMILES string of the molecule is CCCC(CCC)S(=O)(=O)C[C@@H](C)C(=O)N(CCCN)Cc1cccc(CC)c1. The summed E-state index contributed by atoms with van der Waals surface area (Å²) in [5, 5.41) is -0.341. The molecule has 5 nitrogen and oxygen atoms in total. The number of rotatable bonds is 14. The summed E-state index contributed by atoms with van der Waals surface area (Å²) in [6, 6.07) is 8.21. The molecule has 0 unspecified atom stereocenters. The predicted octanol–water partition coefficient (Wildman–Crippen LogP) is 3.95. The van der Waals surface area contributed by atoms with E-state index in [-0.39, 0.29) is 16.9 Å². The van der Waals surface area contributed by atoms with E-state index in [0.717, 1.165) is 24.8 Å².